The molecule has 0 aliphatic heterocycles. The quantitative estimate of drug-likeness (QED) is 0.205. The number of aromatic nitrogens is 5. The number of ether oxygens (including phenoxy) is 1. The van der Waals surface area contributed by atoms with Gasteiger partial charge in [0.05, 0.1) is 12.7 Å². The molecule has 4 rings (SSSR count). The number of rotatable bonds is 6. The number of esters is 1. The Kier molecular flexibility index (Phi) is 5.50. The molecule has 0 saturated carbocycles. The highest BCUT2D eigenvalue weighted by Gasteiger charge is 2.16. The summed E-state index contributed by atoms with van der Waals surface area (Å²) in [4.78, 5) is 23.8. The van der Waals surface area contributed by atoms with Gasteiger partial charge in [0.15, 0.2) is 0 Å². The second-order valence-corrected chi connectivity index (χ2v) is 7.09. The normalized spacial score (nSPS) is 11.6. The van der Waals surface area contributed by atoms with E-state index < -0.39 is 11.8 Å². The molecule has 0 fully saturated rings. The van der Waals surface area contributed by atoms with Crippen molar-refractivity contribution >= 4 is 40.0 Å². The van der Waals surface area contributed by atoms with Crippen LogP contribution in [-0.2, 0) is 11.3 Å². The summed E-state index contributed by atoms with van der Waals surface area (Å²) < 4.78 is 6.63. The zero-order valence-electron chi connectivity index (χ0n) is 16.2. The van der Waals surface area contributed by atoms with E-state index in [4.69, 9.17) is 16.3 Å². The van der Waals surface area contributed by atoms with E-state index in [1.807, 2.05) is 22.8 Å². The van der Waals surface area contributed by atoms with Crippen LogP contribution in [0.2, 0.25) is 5.02 Å². The highest BCUT2D eigenvalue weighted by Crippen LogP contribution is 2.29. The molecule has 0 radical (unpaired) electrons. The lowest BCUT2D eigenvalue weighted by molar-refractivity contribution is 0.0600. The van der Waals surface area contributed by atoms with E-state index in [1.165, 1.54) is 7.11 Å². The molecule has 0 unspecified atom stereocenters. The van der Waals surface area contributed by atoms with Gasteiger partial charge in [-0.3, -0.25) is 4.79 Å². The number of benzene rings is 2. The lowest BCUT2D eigenvalue weighted by atomic mass is 10.1. The number of aromatic amines is 1. The first-order valence-electron chi connectivity index (χ1n) is 9.10. The number of carbonyl (C=O) groups is 2. The van der Waals surface area contributed by atoms with Crippen LogP contribution in [-0.4, -0.2) is 49.2 Å². The second kappa shape index (κ2) is 8.41. The van der Waals surface area contributed by atoms with Crippen LogP contribution in [0, 0.1) is 0 Å². The third-order valence-corrected chi connectivity index (χ3v) is 4.92. The van der Waals surface area contributed by atoms with Crippen molar-refractivity contribution < 1.29 is 19.4 Å². The molecular formula is C21H16ClN5O4. The standard InChI is InChI=1S/C21H16ClN5O4/c1-31-21(30)13-4-2-12(3-5-13)10-27-11-16(15-8-14(22)6-7-17(15)27)18(28)9-19(29)20-23-25-26-24-20/h2-9,11,28H,10H2,1H3,(H,23,24,25,26)/b18-9+. The number of hydrogen-bond acceptors (Lipinski definition) is 7. The predicted octanol–water partition coefficient (Wildman–Crippen LogP) is 3.42. The second-order valence-electron chi connectivity index (χ2n) is 6.65. The number of carbonyl (C=O) groups excluding carboxylic acids is 2. The van der Waals surface area contributed by atoms with Gasteiger partial charge in [-0.1, -0.05) is 23.7 Å². The Bertz CT molecular complexity index is 1290. The molecule has 10 heteroatoms. The summed E-state index contributed by atoms with van der Waals surface area (Å²) >= 11 is 6.16. The van der Waals surface area contributed by atoms with Crippen LogP contribution in [0.15, 0.2) is 54.7 Å². The summed E-state index contributed by atoms with van der Waals surface area (Å²) in [6.45, 7) is 0.464. The SMILES string of the molecule is COC(=O)c1ccc(Cn2cc(/C(O)=C\C(=O)c3nn[nH]n3)c3cc(Cl)ccc32)cc1. The Hall–Kier alpha value is -3.98. The minimum absolute atomic E-state index is 0.154. The van der Waals surface area contributed by atoms with Crippen molar-refractivity contribution in [3.8, 4) is 0 Å². The van der Waals surface area contributed by atoms with Gasteiger partial charge >= 0.3 is 5.97 Å². The molecule has 9 nitrogen and oxygen atoms in total. The summed E-state index contributed by atoms with van der Waals surface area (Å²) in [5.41, 5.74) is 2.62. The van der Waals surface area contributed by atoms with E-state index in [2.05, 4.69) is 20.6 Å². The molecule has 0 aliphatic rings. The van der Waals surface area contributed by atoms with Crippen LogP contribution in [0.25, 0.3) is 16.7 Å². The molecule has 156 valence electrons. The zero-order valence-corrected chi connectivity index (χ0v) is 17.0. The average molecular weight is 438 g/mol. The molecule has 2 aromatic heterocycles. The summed E-state index contributed by atoms with van der Waals surface area (Å²) in [6.07, 6.45) is 2.76. The first-order valence-corrected chi connectivity index (χ1v) is 9.48. The lowest BCUT2D eigenvalue weighted by Crippen LogP contribution is -2.02. The smallest absolute Gasteiger partial charge is 0.337 e. The van der Waals surface area contributed by atoms with Gasteiger partial charge in [0.1, 0.15) is 5.76 Å². The van der Waals surface area contributed by atoms with Gasteiger partial charge < -0.3 is 14.4 Å². The molecule has 2 heterocycles. The van der Waals surface area contributed by atoms with Gasteiger partial charge in [0.2, 0.25) is 11.6 Å². The van der Waals surface area contributed by atoms with Crippen LogP contribution < -0.4 is 0 Å². The molecule has 2 aromatic carbocycles. The van der Waals surface area contributed by atoms with E-state index in [0.29, 0.717) is 28.1 Å². The third-order valence-electron chi connectivity index (χ3n) is 4.68. The van der Waals surface area contributed by atoms with Crippen LogP contribution in [0.1, 0.15) is 32.1 Å². The van der Waals surface area contributed by atoms with Crippen molar-refractivity contribution in [1.82, 2.24) is 25.2 Å². The maximum Gasteiger partial charge on any atom is 0.337 e. The fourth-order valence-corrected chi connectivity index (χ4v) is 3.37. The summed E-state index contributed by atoms with van der Waals surface area (Å²) in [5, 5.41) is 24.6. The van der Waals surface area contributed by atoms with Crippen molar-refractivity contribution in [2.24, 2.45) is 0 Å². The van der Waals surface area contributed by atoms with E-state index in [9.17, 15) is 14.7 Å². The topological polar surface area (TPSA) is 123 Å². The third kappa shape index (κ3) is 4.17. The van der Waals surface area contributed by atoms with E-state index in [0.717, 1.165) is 17.2 Å². The van der Waals surface area contributed by atoms with Crippen molar-refractivity contribution in [2.45, 2.75) is 6.54 Å². The molecule has 0 atom stereocenters. The highest BCUT2D eigenvalue weighted by molar-refractivity contribution is 6.31. The number of allylic oxidation sites excluding steroid dienone is 1. The monoisotopic (exact) mass is 437 g/mol. The van der Waals surface area contributed by atoms with E-state index in [1.54, 1.807) is 30.5 Å². The Morgan fingerprint density at radius 1 is 1.23 bits per heavy atom. The predicted molar refractivity (Wildman–Crippen MR) is 113 cm³/mol. The number of ketones is 1. The maximum absolute atomic E-state index is 12.2. The van der Waals surface area contributed by atoms with Gasteiger partial charge in [-0.25, -0.2) is 4.79 Å². The average Bonchev–Trinajstić information content (AvgIpc) is 3.42. The Morgan fingerprint density at radius 2 is 2.00 bits per heavy atom. The summed E-state index contributed by atoms with van der Waals surface area (Å²) in [5.74, 6) is -1.40. The number of aliphatic hydroxyl groups is 1. The summed E-state index contributed by atoms with van der Waals surface area (Å²) in [6, 6.07) is 12.3. The number of halogens is 1. The first kappa shape index (κ1) is 20.3. The molecule has 31 heavy (non-hydrogen) atoms. The van der Waals surface area contributed by atoms with Crippen LogP contribution >= 0.6 is 11.6 Å². The first-order chi connectivity index (χ1) is 15.0. The van der Waals surface area contributed by atoms with Crippen LogP contribution in [0.3, 0.4) is 0 Å². The Morgan fingerprint density at radius 3 is 2.68 bits per heavy atom. The molecule has 0 spiro atoms. The molecule has 0 saturated heterocycles. The van der Waals surface area contributed by atoms with Crippen LogP contribution in [0.4, 0.5) is 0 Å². The van der Waals surface area contributed by atoms with E-state index >= 15 is 0 Å². The largest absolute Gasteiger partial charge is 0.507 e. The molecular weight excluding hydrogens is 422 g/mol. The van der Waals surface area contributed by atoms with Gasteiger partial charge in [0, 0.05) is 40.3 Å². The molecule has 0 aliphatic carbocycles. The lowest BCUT2D eigenvalue weighted by Gasteiger charge is -2.07. The maximum atomic E-state index is 12.2. The van der Waals surface area contributed by atoms with Crippen molar-refractivity contribution in [3.63, 3.8) is 0 Å². The van der Waals surface area contributed by atoms with Crippen molar-refractivity contribution in [1.29, 1.82) is 0 Å². The molecule has 0 amide bonds. The van der Waals surface area contributed by atoms with Crippen molar-refractivity contribution in [3.05, 3.63) is 82.3 Å². The number of aliphatic hydroxyl groups excluding tert-OH is 1. The fraction of sp³-hybridized carbons (Fsp3) is 0.0952. The number of hydrogen-bond donors (Lipinski definition) is 2. The van der Waals surface area contributed by atoms with Crippen LogP contribution in [0.5, 0.6) is 0 Å². The molecule has 0 bridgehead atoms. The zero-order chi connectivity index (χ0) is 22.0. The van der Waals surface area contributed by atoms with Gasteiger partial charge in [0.25, 0.3) is 0 Å². The summed E-state index contributed by atoms with van der Waals surface area (Å²) in [7, 11) is 1.33. The molecule has 4 aromatic rings. The van der Waals surface area contributed by atoms with E-state index in [-0.39, 0.29) is 11.6 Å². The Balaban J connectivity index is 1.70. The minimum Gasteiger partial charge on any atom is -0.507 e. The highest BCUT2D eigenvalue weighted by atomic mass is 35.5. The number of methoxy groups -OCH3 is 1. The van der Waals surface area contributed by atoms with Crippen molar-refractivity contribution in [2.75, 3.05) is 7.11 Å². The minimum atomic E-state index is -0.590. The number of nitrogens with one attached hydrogen (secondary N) is 1. The number of tetrazole rings is 1. The number of fused-ring (bicyclic) bond motifs is 1. The molecule has 2 N–H and O–H groups in total. The van der Waals surface area contributed by atoms with Gasteiger partial charge in [-0.15, -0.1) is 10.2 Å². The number of nitrogens with zero attached hydrogens (tertiary/aromatic N) is 4. The van der Waals surface area contributed by atoms with Gasteiger partial charge in [-0.2, -0.15) is 5.21 Å². The number of H-pyrrole nitrogens is 1. The Labute approximate surface area is 180 Å². The van der Waals surface area contributed by atoms with Gasteiger partial charge in [-0.05, 0) is 41.1 Å². The fourth-order valence-electron chi connectivity index (χ4n) is 3.20.